The maximum atomic E-state index is 15.9. The molecule has 0 radical (unpaired) electrons. The van der Waals surface area contributed by atoms with Crippen molar-refractivity contribution in [1.82, 2.24) is 9.80 Å². The van der Waals surface area contributed by atoms with Gasteiger partial charge in [-0.15, -0.1) is 0 Å². The van der Waals surface area contributed by atoms with Crippen molar-refractivity contribution in [1.29, 1.82) is 0 Å². The molecular weight excluding hydrogens is 569 g/mol. The van der Waals surface area contributed by atoms with Crippen LogP contribution in [0.3, 0.4) is 0 Å². The molecule has 1 aliphatic carbocycles. The lowest BCUT2D eigenvalue weighted by molar-refractivity contribution is -0.148. The molecule has 240 valence electrons. The smallest absolute Gasteiger partial charge is 0.332 e. The molecule has 2 heterocycles. The summed E-state index contributed by atoms with van der Waals surface area (Å²) in [6.07, 6.45) is 4.00. The minimum absolute atomic E-state index is 0.0118. The van der Waals surface area contributed by atoms with Crippen molar-refractivity contribution in [3.63, 3.8) is 0 Å². The molecule has 0 unspecified atom stereocenters. The van der Waals surface area contributed by atoms with E-state index in [4.69, 9.17) is 14.2 Å². The molecule has 0 spiro atoms. The normalized spacial score (nSPS) is 20.8. The molecule has 0 saturated carbocycles. The van der Waals surface area contributed by atoms with Crippen molar-refractivity contribution in [2.24, 2.45) is 0 Å². The van der Waals surface area contributed by atoms with Gasteiger partial charge in [0, 0.05) is 50.0 Å². The van der Waals surface area contributed by atoms with E-state index in [1.54, 1.807) is 6.92 Å². The first-order chi connectivity index (χ1) is 21.0. The van der Waals surface area contributed by atoms with Gasteiger partial charge in [-0.3, -0.25) is 9.80 Å². The number of halogens is 3. The van der Waals surface area contributed by atoms with Crippen LogP contribution in [-0.2, 0) is 20.7 Å². The van der Waals surface area contributed by atoms with Crippen molar-refractivity contribution in [2.45, 2.75) is 83.7 Å². The third-order valence-corrected chi connectivity index (χ3v) is 8.74. The zero-order valence-electron chi connectivity index (χ0n) is 26.3. The summed E-state index contributed by atoms with van der Waals surface area (Å²) in [5.41, 5.74) is 2.81. The molecule has 1 fully saturated rings. The largest absolute Gasteiger partial charge is 0.488 e. The van der Waals surface area contributed by atoms with Gasteiger partial charge in [-0.2, -0.15) is 0 Å². The third-order valence-electron chi connectivity index (χ3n) is 8.74. The molecule has 3 aliphatic rings. The Kier molecular flexibility index (Phi) is 10.4. The highest BCUT2D eigenvalue weighted by atomic mass is 19.1. The quantitative estimate of drug-likeness (QED) is 0.175. The molecule has 6 nitrogen and oxygen atoms in total. The Hall–Kier alpha value is -2.88. The first-order valence-corrected chi connectivity index (χ1v) is 15.9. The van der Waals surface area contributed by atoms with Gasteiger partial charge in [0.15, 0.2) is 0 Å². The summed E-state index contributed by atoms with van der Waals surface area (Å²) in [6, 6.07) is 9.91. The van der Waals surface area contributed by atoms with E-state index < -0.39 is 23.3 Å². The maximum Gasteiger partial charge on any atom is 0.332 e. The van der Waals surface area contributed by atoms with E-state index in [2.05, 4.69) is 17.0 Å². The number of hydrogen-bond acceptors (Lipinski definition) is 6. The lowest BCUT2D eigenvalue weighted by Gasteiger charge is -2.44. The van der Waals surface area contributed by atoms with Gasteiger partial charge in [0.1, 0.15) is 35.8 Å². The number of ether oxygens (including phenoxy) is 3. The van der Waals surface area contributed by atoms with E-state index in [-0.39, 0.29) is 42.6 Å². The van der Waals surface area contributed by atoms with Gasteiger partial charge in [0.25, 0.3) is 0 Å². The second-order valence-corrected chi connectivity index (χ2v) is 12.9. The number of rotatable bonds is 14. The Morgan fingerprint density at radius 2 is 1.80 bits per heavy atom. The topological polar surface area (TPSA) is 51.2 Å². The number of nitrogens with zero attached hydrogens (tertiary/aromatic N) is 2. The van der Waals surface area contributed by atoms with Crippen LogP contribution in [0.4, 0.5) is 13.2 Å². The fraction of sp³-hybridized carbons (Fsp3) is 0.571. The number of fused-ring (bicyclic) bond motifs is 2. The summed E-state index contributed by atoms with van der Waals surface area (Å²) in [6.45, 7) is 10.0. The fourth-order valence-electron chi connectivity index (χ4n) is 6.78. The molecule has 2 atom stereocenters. The maximum absolute atomic E-state index is 15.9. The fourth-order valence-corrected chi connectivity index (χ4v) is 6.78. The Morgan fingerprint density at radius 3 is 2.50 bits per heavy atom. The minimum atomic E-state index is -1.53. The Bertz CT molecular complexity index is 1330. The molecule has 0 bridgehead atoms. The van der Waals surface area contributed by atoms with Crippen molar-refractivity contribution in [2.75, 3.05) is 46.0 Å². The van der Waals surface area contributed by atoms with Gasteiger partial charge < -0.3 is 14.2 Å². The van der Waals surface area contributed by atoms with Gasteiger partial charge in [-0.1, -0.05) is 24.3 Å². The van der Waals surface area contributed by atoms with Crippen molar-refractivity contribution in [3.05, 3.63) is 70.3 Å². The number of carbonyl (C=O) groups is 1. The van der Waals surface area contributed by atoms with Gasteiger partial charge >= 0.3 is 5.97 Å². The summed E-state index contributed by atoms with van der Waals surface area (Å²) in [7, 11) is 0. The molecule has 0 aromatic heterocycles. The number of likely N-dealkylation sites (tertiary alicyclic amines) is 1. The zero-order valence-corrected chi connectivity index (χ0v) is 26.3. The lowest BCUT2D eigenvalue weighted by Crippen LogP contribution is -2.53. The van der Waals surface area contributed by atoms with Gasteiger partial charge in [-0.05, 0) is 88.6 Å². The first kappa shape index (κ1) is 32.5. The average Bonchev–Trinajstić information content (AvgIpc) is 3.29. The first-order valence-electron chi connectivity index (χ1n) is 15.9. The summed E-state index contributed by atoms with van der Waals surface area (Å²) >= 11 is 0. The number of hydrogen-bond donors (Lipinski definition) is 0. The third kappa shape index (κ3) is 7.66. The number of carbonyl (C=O) groups excluding carboxylic acids is 1. The molecular formula is C35H45F3N2O4. The van der Waals surface area contributed by atoms with Crippen LogP contribution >= 0.6 is 0 Å². The van der Waals surface area contributed by atoms with Crippen LogP contribution < -0.4 is 4.74 Å². The standard InChI is InChI=1S/C35H45F3N2O4/c1-5-43-32(41)21-42-14-10-6-9-13-39-19-26(20-39)44-25-17-30(36)33(31(37)18-25)34-29-16-24-11-7-8-12-27(24)28(29)15-23(2)40(34)22-35(3,4)38/h7-8,11-12,17-18,23,26,34H,5-6,9-10,13-16,19-22H2,1-4H3/t23-,34+/m1/s1. The van der Waals surface area contributed by atoms with Crippen LogP contribution in [-0.4, -0.2) is 79.6 Å². The predicted molar refractivity (Wildman–Crippen MR) is 164 cm³/mol. The van der Waals surface area contributed by atoms with Gasteiger partial charge in [0.2, 0.25) is 0 Å². The van der Waals surface area contributed by atoms with E-state index >= 15 is 13.2 Å². The van der Waals surface area contributed by atoms with E-state index in [1.807, 2.05) is 24.0 Å². The van der Waals surface area contributed by atoms with Gasteiger partial charge in [0.05, 0.1) is 12.6 Å². The van der Waals surface area contributed by atoms with Crippen LogP contribution in [0, 0.1) is 11.6 Å². The number of alkyl halides is 1. The molecule has 44 heavy (non-hydrogen) atoms. The highest BCUT2D eigenvalue weighted by Crippen LogP contribution is 2.50. The second-order valence-electron chi connectivity index (χ2n) is 12.9. The predicted octanol–water partition coefficient (Wildman–Crippen LogP) is 6.67. The van der Waals surface area contributed by atoms with Crippen molar-refractivity contribution >= 4 is 11.5 Å². The SMILES string of the molecule is CCOC(=O)COCCCCCN1CC(Oc2cc(F)c([C@@H]3C4=C(C[C@@H](C)N3CC(C)(C)F)c3ccccc3C4)c(F)c2)C1. The average molecular weight is 615 g/mol. The zero-order chi connectivity index (χ0) is 31.4. The summed E-state index contributed by atoms with van der Waals surface area (Å²) in [5, 5.41) is 0. The molecule has 2 aromatic carbocycles. The highest BCUT2D eigenvalue weighted by Gasteiger charge is 2.43. The summed E-state index contributed by atoms with van der Waals surface area (Å²) in [4.78, 5) is 15.5. The lowest BCUT2D eigenvalue weighted by atomic mass is 9.84. The molecule has 1 saturated heterocycles. The van der Waals surface area contributed by atoms with E-state index in [9.17, 15) is 4.79 Å². The number of benzene rings is 2. The monoisotopic (exact) mass is 614 g/mol. The Morgan fingerprint density at radius 1 is 1.07 bits per heavy atom. The second kappa shape index (κ2) is 14.0. The van der Waals surface area contributed by atoms with Crippen molar-refractivity contribution < 1.29 is 32.2 Å². The van der Waals surface area contributed by atoms with E-state index in [0.717, 1.165) is 48.1 Å². The molecule has 0 amide bonds. The minimum Gasteiger partial charge on any atom is -0.488 e. The molecule has 9 heteroatoms. The summed E-state index contributed by atoms with van der Waals surface area (Å²) in [5.74, 6) is -1.49. The molecule has 2 aromatic rings. The van der Waals surface area contributed by atoms with Gasteiger partial charge in [-0.25, -0.2) is 18.0 Å². The van der Waals surface area contributed by atoms with Crippen LogP contribution in [0.15, 0.2) is 42.0 Å². The highest BCUT2D eigenvalue weighted by molar-refractivity contribution is 5.79. The molecule has 0 N–H and O–H groups in total. The Labute approximate surface area is 259 Å². The Balaban J connectivity index is 1.19. The molecule has 2 aliphatic heterocycles. The molecule has 5 rings (SSSR count). The van der Waals surface area contributed by atoms with Crippen LogP contribution in [0.5, 0.6) is 5.75 Å². The summed E-state index contributed by atoms with van der Waals surface area (Å²) < 4.78 is 63.0. The van der Waals surface area contributed by atoms with Crippen LogP contribution in [0.25, 0.3) is 5.57 Å². The van der Waals surface area contributed by atoms with E-state index in [1.165, 1.54) is 26.0 Å². The van der Waals surface area contributed by atoms with E-state index in [0.29, 0.717) is 39.1 Å². The van der Waals surface area contributed by atoms with Crippen molar-refractivity contribution in [3.8, 4) is 5.75 Å². The number of esters is 1. The van der Waals surface area contributed by atoms with Crippen LogP contribution in [0.1, 0.15) is 76.1 Å². The number of unbranched alkanes of at least 4 members (excludes halogenated alkanes) is 2. The van der Waals surface area contributed by atoms with Crippen LogP contribution in [0.2, 0.25) is 0 Å².